The minimum atomic E-state index is -0.821. The first-order chi connectivity index (χ1) is 17.0. The minimum absolute atomic E-state index is 0.0136. The zero-order chi connectivity index (χ0) is 23.8. The lowest BCUT2D eigenvalue weighted by Gasteiger charge is -2.63. The number of Topliss-reactive ketones (excluding diaryl/α,β-unsaturated/α-hetero) is 1. The monoisotopic (exact) mass is 473 g/mol. The first-order valence-corrected chi connectivity index (χ1v) is 13.1. The maximum absolute atomic E-state index is 13.5. The summed E-state index contributed by atoms with van der Waals surface area (Å²) in [5.74, 6) is 1.06. The summed E-state index contributed by atoms with van der Waals surface area (Å²) in [7, 11) is 0. The van der Waals surface area contributed by atoms with Crippen LogP contribution in [-0.2, 0) is 32.6 Å². The predicted molar refractivity (Wildman–Crippen MR) is 128 cm³/mol. The quantitative estimate of drug-likeness (QED) is 0.645. The fourth-order valence-electron chi connectivity index (χ4n) is 7.59. The summed E-state index contributed by atoms with van der Waals surface area (Å²) in [5.41, 5.74) is 1.61. The van der Waals surface area contributed by atoms with Gasteiger partial charge in [-0.25, -0.2) is 0 Å². The van der Waals surface area contributed by atoms with Gasteiger partial charge in [-0.3, -0.25) is 14.5 Å². The molecule has 2 bridgehead atoms. The first kappa shape index (κ1) is 21.4. The highest BCUT2D eigenvalue weighted by atomic mass is 16.6. The normalized spacial score (nSPS) is 32.6. The smallest absolute Gasteiger partial charge is 0.306 e. The number of benzene rings is 2. The average Bonchev–Trinajstić information content (AvgIpc) is 3.60. The van der Waals surface area contributed by atoms with E-state index in [1.807, 2.05) is 36.4 Å². The van der Waals surface area contributed by atoms with Crippen molar-refractivity contribution in [1.82, 2.24) is 4.90 Å². The van der Waals surface area contributed by atoms with E-state index in [-0.39, 0.29) is 23.5 Å². The molecule has 2 saturated carbocycles. The van der Waals surface area contributed by atoms with Crippen molar-refractivity contribution in [3.8, 4) is 11.5 Å². The van der Waals surface area contributed by atoms with Gasteiger partial charge in [-0.15, -0.1) is 0 Å². The van der Waals surface area contributed by atoms with E-state index in [0.29, 0.717) is 43.8 Å². The number of nitrogens with zero attached hydrogens (tertiary/aromatic N) is 1. The lowest BCUT2D eigenvalue weighted by atomic mass is 9.48. The molecule has 2 aromatic carbocycles. The Labute approximate surface area is 205 Å². The van der Waals surface area contributed by atoms with E-state index in [4.69, 9.17) is 9.47 Å². The van der Waals surface area contributed by atoms with Gasteiger partial charge >= 0.3 is 5.97 Å². The molecule has 7 rings (SSSR count). The highest BCUT2D eigenvalue weighted by molar-refractivity contribution is 5.90. The van der Waals surface area contributed by atoms with E-state index in [2.05, 4.69) is 4.90 Å². The molecule has 1 spiro atoms. The van der Waals surface area contributed by atoms with Gasteiger partial charge in [-0.1, -0.05) is 36.4 Å². The third-order valence-electron chi connectivity index (χ3n) is 9.27. The molecule has 5 aliphatic rings. The van der Waals surface area contributed by atoms with E-state index < -0.39 is 17.1 Å². The van der Waals surface area contributed by atoms with Crippen LogP contribution in [0.1, 0.15) is 55.2 Å². The summed E-state index contributed by atoms with van der Waals surface area (Å²) in [6, 6.07) is 13.7. The molecule has 0 radical (unpaired) electrons. The maximum atomic E-state index is 13.5. The van der Waals surface area contributed by atoms with Gasteiger partial charge in [-0.2, -0.15) is 0 Å². The van der Waals surface area contributed by atoms with E-state index in [1.165, 1.54) is 12.8 Å². The summed E-state index contributed by atoms with van der Waals surface area (Å²) < 4.78 is 12.9. The number of phenols is 1. The zero-order valence-electron chi connectivity index (χ0n) is 19.9. The molecule has 0 amide bonds. The molecule has 1 unspecified atom stereocenters. The van der Waals surface area contributed by atoms with Gasteiger partial charge in [0.2, 0.25) is 0 Å². The lowest BCUT2D eigenvalue weighted by Crippen LogP contribution is -2.77. The number of aromatic hydroxyl groups is 1. The van der Waals surface area contributed by atoms with Crippen molar-refractivity contribution < 1.29 is 24.2 Å². The number of piperidine rings is 1. The average molecular weight is 474 g/mol. The highest BCUT2D eigenvalue weighted by Crippen LogP contribution is 2.66. The standard InChI is InChI=1S/C29H31NO5/c31-21-10-9-20-16-23-29(35-24(33)11-8-18-4-2-1-3-5-18)13-12-22(32)27-28(29,25(20)26(21)34-27)14-15-30(23)17-19-6-7-19/h1-5,9-10,19,23,27,31H,6-8,11-17H2/t23?,27-,28-,29+/m0/s1. The summed E-state index contributed by atoms with van der Waals surface area (Å²) >= 11 is 0. The Hall–Kier alpha value is -2.86. The Morgan fingerprint density at radius 3 is 2.77 bits per heavy atom. The van der Waals surface area contributed by atoms with Gasteiger partial charge in [0, 0.05) is 24.9 Å². The van der Waals surface area contributed by atoms with Gasteiger partial charge < -0.3 is 14.6 Å². The van der Waals surface area contributed by atoms with Gasteiger partial charge in [0.15, 0.2) is 23.4 Å². The minimum Gasteiger partial charge on any atom is -0.504 e. The van der Waals surface area contributed by atoms with Crippen molar-refractivity contribution in [2.24, 2.45) is 5.92 Å². The predicted octanol–water partition coefficient (Wildman–Crippen LogP) is 3.71. The molecule has 6 heteroatoms. The Balaban J connectivity index is 1.31. The summed E-state index contributed by atoms with van der Waals surface area (Å²) in [6.45, 7) is 1.87. The number of rotatable bonds is 6. The van der Waals surface area contributed by atoms with Crippen LogP contribution in [0.4, 0.5) is 0 Å². The molecule has 2 heterocycles. The number of ether oxygens (including phenoxy) is 2. The Kier molecular flexibility index (Phi) is 4.63. The molecule has 182 valence electrons. The van der Waals surface area contributed by atoms with Crippen molar-refractivity contribution in [1.29, 1.82) is 0 Å². The van der Waals surface area contributed by atoms with Crippen molar-refractivity contribution in [2.45, 2.75) is 74.5 Å². The Morgan fingerprint density at radius 2 is 1.97 bits per heavy atom. The van der Waals surface area contributed by atoms with Crippen molar-refractivity contribution in [3.63, 3.8) is 0 Å². The highest BCUT2D eigenvalue weighted by Gasteiger charge is 2.75. The van der Waals surface area contributed by atoms with Crippen molar-refractivity contribution in [3.05, 3.63) is 59.2 Å². The number of esters is 1. The summed E-state index contributed by atoms with van der Waals surface area (Å²) in [5, 5.41) is 10.7. The Bertz CT molecular complexity index is 1210. The first-order valence-electron chi connectivity index (χ1n) is 13.1. The second kappa shape index (κ2) is 7.57. The molecule has 35 heavy (non-hydrogen) atoms. The van der Waals surface area contributed by atoms with Crippen LogP contribution in [0.3, 0.4) is 0 Å². The molecule has 0 aromatic heterocycles. The molecule has 2 aromatic rings. The number of hydrogen-bond acceptors (Lipinski definition) is 6. The SMILES string of the molecule is O=C(CCc1ccccc1)O[C@@]12CCC(=O)[C@@H]3Oc4c(O)ccc5c4[C@@]31CCN(CC1CC1)C2C5. The fraction of sp³-hybridized carbons (Fsp3) is 0.517. The zero-order valence-corrected chi connectivity index (χ0v) is 19.9. The maximum Gasteiger partial charge on any atom is 0.306 e. The van der Waals surface area contributed by atoms with E-state index in [0.717, 1.165) is 36.2 Å². The van der Waals surface area contributed by atoms with Crippen LogP contribution >= 0.6 is 0 Å². The number of ketones is 1. The third-order valence-corrected chi connectivity index (χ3v) is 9.27. The molecule has 2 aliphatic heterocycles. The van der Waals surface area contributed by atoms with Crippen LogP contribution in [0.2, 0.25) is 0 Å². The van der Waals surface area contributed by atoms with Crippen molar-refractivity contribution >= 4 is 11.8 Å². The van der Waals surface area contributed by atoms with Crippen LogP contribution in [-0.4, -0.2) is 52.6 Å². The van der Waals surface area contributed by atoms with Gasteiger partial charge in [0.1, 0.15) is 5.60 Å². The molecular weight excluding hydrogens is 442 g/mol. The van der Waals surface area contributed by atoms with Crippen LogP contribution in [0.5, 0.6) is 11.5 Å². The Morgan fingerprint density at radius 1 is 1.14 bits per heavy atom. The molecule has 1 N–H and O–H groups in total. The van der Waals surface area contributed by atoms with E-state index in [1.54, 1.807) is 6.07 Å². The van der Waals surface area contributed by atoms with Crippen LogP contribution in [0.15, 0.2) is 42.5 Å². The summed E-state index contributed by atoms with van der Waals surface area (Å²) in [4.78, 5) is 29.3. The number of carbonyl (C=O) groups excluding carboxylic acids is 2. The summed E-state index contributed by atoms with van der Waals surface area (Å²) in [6.07, 6.45) is 5.03. The van der Waals surface area contributed by atoms with E-state index in [9.17, 15) is 14.7 Å². The molecule has 1 saturated heterocycles. The third kappa shape index (κ3) is 2.98. The van der Waals surface area contributed by atoms with Crippen LogP contribution in [0, 0.1) is 5.92 Å². The second-order valence-corrected chi connectivity index (χ2v) is 11.1. The van der Waals surface area contributed by atoms with E-state index >= 15 is 0 Å². The van der Waals surface area contributed by atoms with Gasteiger partial charge in [0.25, 0.3) is 0 Å². The number of hydrogen-bond donors (Lipinski definition) is 1. The van der Waals surface area contributed by atoms with Gasteiger partial charge in [-0.05, 0) is 68.2 Å². The van der Waals surface area contributed by atoms with Crippen LogP contribution < -0.4 is 4.74 Å². The molecule has 6 nitrogen and oxygen atoms in total. The largest absolute Gasteiger partial charge is 0.504 e. The van der Waals surface area contributed by atoms with Gasteiger partial charge in [0.05, 0.1) is 11.5 Å². The number of carbonyl (C=O) groups is 2. The van der Waals surface area contributed by atoms with Crippen LogP contribution in [0.25, 0.3) is 0 Å². The molecule has 3 aliphatic carbocycles. The number of likely N-dealkylation sites (tertiary alicyclic amines) is 1. The molecule has 4 atom stereocenters. The number of aryl methyl sites for hydroxylation is 1. The lowest BCUT2D eigenvalue weighted by molar-refractivity contribution is -0.216. The fourth-order valence-corrected chi connectivity index (χ4v) is 7.59. The van der Waals surface area contributed by atoms with Crippen molar-refractivity contribution in [2.75, 3.05) is 13.1 Å². The molecular formula is C29H31NO5. The second-order valence-electron chi connectivity index (χ2n) is 11.1. The topological polar surface area (TPSA) is 76.1 Å². The number of phenolic OH excluding ortho intramolecular Hbond substituents is 1. The molecule has 3 fully saturated rings.